The average Bonchev–Trinajstić information content (AvgIpc) is 3.85. The minimum absolute atomic E-state index is 0.399. The molecule has 0 saturated carbocycles. The Bertz CT molecular complexity index is 3120. The van der Waals surface area contributed by atoms with Crippen molar-refractivity contribution >= 4 is 66.3 Å². The Balaban J connectivity index is 1.11. The number of rotatable bonds is 4. The number of halogens is 1. The first-order valence-electron chi connectivity index (χ1n) is 18.4. The van der Waals surface area contributed by atoms with E-state index < -0.39 is 11.6 Å². The molecular formula is C48H34FN5. The van der Waals surface area contributed by atoms with Crippen LogP contribution in [0.25, 0.3) is 54.8 Å². The van der Waals surface area contributed by atoms with Crippen molar-refractivity contribution in [2.24, 2.45) is 0 Å². The zero-order valence-electron chi connectivity index (χ0n) is 29.8. The molecule has 0 bridgehead atoms. The molecule has 0 aliphatic carbocycles. The summed E-state index contributed by atoms with van der Waals surface area (Å²) in [5.41, 5.74) is 10.3. The molecular weight excluding hydrogens is 666 g/mol. The van der Waals surface area contributed by atoms with Crippen LogP contribution >= 0.6 is 0 Å². The number of para-hydroxylation sites is 3. The summed E-state index contributed by atoms with van der Waals surface area (Å²) in [5.74, 6) is 0.851. The molecule has 4 aromatic heterocycles. The zero-order chi connectivity index (χ0) is 36.1. The fraction of sp³-hybridized carbons (Fsp3) is 0.0833. The lowest BCUT2D eigenvalue weighted by Crippen LogP contribution is -2.32. The summed E-state index contributed by atoms with van der Waals surface area (Å²) < 4.78 is 21.5. The van der Waals surface area contributed by atoms with Crippen molar-refractivity contribution in [1.29, 1.82) is 0 Å². The van der Waals surface area contributed by atoms with Gasteiger partial charge in [-0.1, -0.05) is 105 Å². The van der Waals surface area contributed by atoms with Gasteiger partial charge in [-0.05, 0) is 71.1 Å². The lowest BCUT2D eigenvalue weighted by molar-refractivity contribution is 0.402. The van der Waals surface area contributed by atoms with Gasteiger partial charge in [-0.25, -0.2) is 14.4 Å². The molecule has 5 nitrogen and oxygen atoms in total. The van der Waals surface area contributed by atoms with Gasteiger partial charge < -0.3 is 4.57 Å². The summed E-state index contributed by atoms with van der Waals surface area (Å²) in [5, 5.41) is 5.50. The van der Waals surface area contributed by atoms with Crippen LogP contribution in [0.2, 0.25) is 0 Å². The van der Waals surface area contributed by atoms with Gasteiger partial charge in [0.1, 0.15) is 11.5 Å². The Kier molecular flexibility index (Phi) is 6.48. The van der Waals surface area contributed by atoms with Crippen molar-refractivity contribution in [3.63, 3.8) is 0 Å². The van der Waals surface area contributed by atoms with Crippen LogP contribution in [0.4, 0.5) is 21.6 Å². The third-order valence-electron chi connectivity index (χ3n) is 11.5. The molecule has 0 fully saturated rings. The molecule has 0 spiro atoms. The first kappa shape index (κ1) is 30.8. The lowest BCUT2D eigenvalue weighted by Gasteiger charge is -2.41. The Labute approximate surface area is 311 Å². The molecule has 6 heteroatoms. The predicted molar refractivity (Wildman–Crippen MR) is 219 cm³/mol. The van der Waals surface area contributed by atoms with Gasteiger partial charge in [0.15, 0.2) is 6.17 Å². The van der Waals surface area contributed by atoms with E-state index in [0.717, 1.165) is 66.8 Å². The summed E-state index contributed by atoms with van der Waals surface area (Å²) in [6.07, 6.45) is 4.27. The van der Waals surface area contributed by atoms with Crippen LogP contribution in [-0.2, 0) is 5.41 Å². The molecule has 11 rings (SSSR count). The SMILES string of the molecule is CC1(C)c2cccnc2N(c2cccc(C(F)c3ccc4c5ccccc5n5ccnc5c4c3)c2)c2ccc3c4ccccc4n(-c4ccccc4)c3c21. The van der Waals surface area contributed by atoms with Crippen LogP contribution in [0.15, 0.2) is 164 Å². The number of imidazole rings is 1. The van der Waals surface area contributed by atoms with E-state index in [-0.39, 0.29) is 0 Å². The molecule has 0 amide bonds. The van der Waals surface area contributed by atoms with E-state index in [2.05, 4.69) is 124 Å². The standard InChI is InChI=1S/C48H34FN5/c1-48(2)39-18-11-25-50-47(39)54(42-24-23-37-36-17-7-9-20-41(36)53(45(37)43(42)48)32-13-4-3-5-14-32)33-15-10-12-30(28-33)44(49)31-21-22-34-35-16-6-8-19-40(35)52-27-26-51-46(52)38(34)29-31/h3-29,44H,1-2H3. The zero-order valence-corrected chi connectivity index (χ0v) is 29.8. The second kappa shape index (κ2) is 11.4. The highest BCUT2D eigenvalue weighted by molar-refractivity contribution is 6.13. The maximum Gasteiger partial charge on any atom is 0.150 e. The summed E-state index contributed by atoms with van der Waals surface area (Å²) in [7, 11) is 0. The van der Waals surface area contributed by atoms with Crippen LogP contribution in [0, 0.1) is 0 Å². The fourth-order valence-electron chi connectivity index (χ4n) is 9.03. The predicted octanol–water partition coefficient (Wildman–Crippen LogP) is 12.3. The molecule has 1 unspecified atom stereocenters. The van der Waals surface area contributed by atoms with Crippen molar-refractivity contribution in [1.82, 2.24) is 18.9 Å². The normalized spacial score (nSPS) is 14.2. The van der Waals surface area contributed by atoms with E-state index in [1.165, 1.54) is 16.3 Å². The molecule has 0 saturated heterocycles. The average molecular weight is 700 g/mol. The minimum Gasteiger partial charge on any atom is -0.309 e. The largest absolute Gasteiger partial charge is 0.309 e. The molecule has 0 N–H and O–H groups in total. The summed E-state index contributed by atoms with van der Waals surface area (Å²) in [6, 6.07) is 50.0. The summed E-state index contributed by atoms with van der Waals surface area (Å²) >= 11 is 0. The third-order valence-corrected chi connectivity index (χ3v) is 11.5. The van der Waals surface area contributed by atoms with Crippen LogP contribution in [0.1, 0.15) is 42.3 Å². The first-order valence-corrected chi connectivity index (χ1v) is 18.4. The van der Waals surface area contributed by atoms with Crippen LogP contribution in [0.3, 0.4) is 0 Å². The Morgan fingerprint density at radius 1 is 0.574 bits per heavy atom. The number of fused-ring (bicyclic) bond motifs is 12. The number of pyridine rings is 2. The van der Waals surface area contributed by atoms with Crippen molar-refractivity contribution in [3.05, 3.63) is 186 Å². The van der Waals surface area contributed by atoms with E-state index in [9.17, 15) is 0 Å². The lowest BCUT2D eigenvalue weighted by atomic mass is 9.73. The minimum atomic E-state index is -1.36. The highest BCUT2D eigenvalue weighted by Crippen LogP contribution is 2.54. The molecule has 1 aliphatic heterocycles. The van der Waals surface area contributed by atoms with Gasteiger partial charge in [0, 0.05) is 68.1 Å². The van der Waals surface area contributed by atoms with E-state index in [0.29, 0.717) is 11.1 Å². The number of benzene rings is 6. The van der Waals surface area contributed by atoms with Crippen LogP contribution in [0.5, 0.6) is 0 Å². The van der Waals surface area contributed by atoms with Gasteiger partial charge in [-0.3, -0.25) is 9.30 Å². The number of aromatic nitrogens is 4. The van der Waals surface area contributed by atoms with Crippen molar-refractivity contribution < 1.29 is 4.39 Å². The Morgan fingerprint density at radius 3 is 2.15 bits per heavy atom. The molecule has 6 aromatic carbocycles. The molecule has 1 atom stereocenters. The molecule has 1 aliphatic rings. The highest BCUT2D eigenvalue weighted by Gasteiger charge is 2.40. The molecule has 5 heterocycles. The summed E-state index contributed by atoms with van der Waals surface area (Å²) in [4.78, 5) is 11.9. The maximum atomic E-state index is 17.0. The second-order valence-corrected chi connectivity index (χ2v) is 14.8. The monoisotopic (exact) mass is 699 g/mol. The molecule has 54 heavy (non-hydrogen) atoms. The Hall–Kier alpha value is -6.79. The smallest absolute Gasteiger partial charge is 0.150 e. The van der Waals surface area contributed by atoms with Crippen LogP contribution < -0.4 is 4.90 Å². The van der Waals surface area contributed by atoms with E-state index >= 15 is 4.39 Å². The van der Waals surface area contributed by atoms with Gasteiger partial charge in [-0.2, -0.15) is 0 Å². The van der Waals surface area contributed by atoms with Crippen molar-refractivity contribution in [2.45, 2.75) is 25.4 Å². The molecule has 258 valence electrons. The molecule has 10 aromatic rings. The van der Waals surface area contributed by atoms with Gasteiger partial charge in [0.2, 0.25) is 0 Å². The molecule has 0 radical (unpaired) electrons. The van der Waals surface area contributed by atoms with Gasteiger partial charge in [0.25, 0.3) is 0 Å². The van der Waals surface area contributed by atoms with Crippen molar-refractivity contribution in [2.75, 3.05) is 4.90 Å². The van der Waals surface area contributed by atoms with E-state index in [1.54, 1.807) is 6.20 Å². The summed E-state index contributed by atoms with van der Waals surface area (Å²) in [6.45, 7) is 4.59. The number of hydrogen-bond acceptors (Lipinski definition) is 3. The van der Waals surface area contributed by atoms with E-state index in [1.807, 2.05) is 67.0 Å². The Morgan fingerprint density at radius 2 is 1.30 bits per heavy atom. The van der Waals surface area contributed by atoms with Gasteiger partial charge >= 0.3 is 0 Å². The second-order valence-electron chi connectivity index (χ2n) is 14.8. The van der Waals surface area contributed by atoms with E-state index in [4.69, 9.17) is 4.98 Å². The highest BCUT2D eigenvalue weighted by atomic mass is 19.1. The topological polar surface area (TPSA) is 38.4 Å². The maximum absolute atomic E-state index is 17.0. The van der Waals surface area contributed by atoms with Crippen molar-refractivity contribution in [3.8, 4) is 5.69 Å². The number of nitrogens with zero attached hydrogens (tertiary/aromatic N) is 5. The van der Waals surface area contributed by atoms with Gasteiger partial charge in [0.05, 0.1) is 22.2 Å². The third kappa shape index (κ3) is 4.25. The quantitative estimate of drug-likeness (QED) is 0.172. The number of hydrogen-bond donors (Lipinski definition) is 0. The fourth-order valence-corrected chi connectivity index (χ4v) is 9.03. The van der Waals surface area contributed by atoms with Crippen LogP contribution in [-0.4, -0.2) is 18.9 Å². The van der Waals surface area contributed by atoms with Gasteiger partial charge in [-0.15, -0.1) is 0 Å². The number of anilines is 3. The number of alkyl halides is 1. The first-order chi connectivity index (χ1) is 26.5.